The van der Waals surface area contributed by atoms with Crippen molar-refractivity contribution in [2.24, 2.45) is 23.2 Å². The van der Waals surface area contributed by atoms with E-state index in [0.29, 0.717) is 24.7 Å². The molecule has 1 amide bonds. The summed E-state index contributed by atoms with van der Waals surface area (Å²) in [6.45, 7) is 5.84. The fraction of sp³-hybridized carbons (Fsp3) is 0.591. The molecule has 3 unspecified atom stereocenters. The number of rotatable bonds is 4. The van der Waals surface area contributed by atoms with Crippen molar-refractivity contribution in [3.63, 3.8) is 0 Å². The number of aromatic nitrogens is 1. The maximum absolute atomic E-state index is 13.0. The highest BCUT2D eigenvalue weighted by molar-refractivity contribution is 7.80. The monoisotopic (exact) mass is 584 g/mol. The molecule has 34 heavy (non-hydrogen) atoms. The largest absolute Gasteiger partial charge is 0.348 e. The molecule has 12 heteroatoms. The number of carbonyl (C=O) groups is 1. The number of carbonyl (C=O) groups excluding carboxylic acids is 1. The lowest BCUT2D eigenvalue weighted by atomic mass is 9.83. The van der Waals surface area contributed by atoms with E-state index >= 15 is 0 Å². The van der Waals surface area contributed by atoms with E-state index in [-0.39, 0.29) is 45.0 Å². The SMILES string of the molecule is CC1(C)C(C=C(Cl)Cl)C1C(=O)NC(NC(=S)N1C[C@H]2C[C@H](C1)c1cccc(=O)n1C2)C(Cl)(Cl)Cl. The van der Waals surface area contributed by atoms with Crippen LogP contribution in [0, 0.1) is 23.2 Å². The standard InChI is InChI=1S/C22H25Cl5N4O2S/c1-21(2)13(7-15(23)24)17(21)18(33)28-19(22(25,26)27)29-20(34)30-8-11-6-12(10-30)14-4-3-5-16(32)31(14)9-11/h3-5,7,11-13,17,19H,6,8-10H2,1-2H3,(H,28,33)(H,29,34)/t11-,12-,13?,17?,19?/m1/s1. The number of thiocarbonyl (C=S) groups is 1. The van der Waals surface area contributed by atoms with Gasteiger partial charge in [-0.15, -0.1) is 0 Å². The Morgan fingerprint density at radius 2 is 1.91 bits per heavy atom. The third-order valence-electron chi connectivity index (χ3n) is 7.15. The Labute approximate surface area is 228 Å². The first kappa shape index (κ1) is 26.4. The van der Waals surface area contributed by atoms with Crippen LogP contribution in [0.1, 0.15) is 31.9 Å². The molecule has 3 aliphatic rings. The second-order valence-electron chi connectivity index (χ2n) is 9.82. The highest BCUT2D eigenvalue weighted by Gasteiger charge is 2.61. The number of nitrogens with one attached hydrogen (secondary N) is 2. The molecule has 5 atom stereocenters. The van der Waals surface area contributed by atoms with Crippen LogP contribution in [0.15, 0.2) is 33.6 Å². The molecule has 2 fully saturated rings. The van der Waals surface area contributed by atoms with E-state index in [1.807, 2.05) is 29.4 Å². The van der Waals surface area contributed by atoms with Crippen LogP contribution in [0.5, 0.6) is 0 Å². The van der Waals surface area contributed by atoms with E-state index in [2.05, 4.69) is 10.6 Å². The zero-order valence-electron chi connectivity index (χ0n) is 18.5. The Balaban J connectivity index is 1.45. The number of fused-ring (bicyclic) bond motifs is 4. The van der Waals surface area contributed by atoms with Gasteiger partial charge in [-0.2, -0.15) is 0 Å². The van der Waals surface area contributed by atoms with E-state index in [1.54, 1.807) is 18.2 Å². The van der Waals surface area contributed by atoms with Crippen molar-refractivity contribution in [3.05, 3.63) is 44.8 Å². The first-order valence-electron chi connectivity index (χ1n) is 10.9. The molecule has 1 aromatic heterocycles. The molecule has 0 spiro atoms. The lowest BCUT2D eigenvalue weighted by molar-refractivity contribution is -0.123. The summed E-state index contributed by atoms with van der Waals surface area (Å²) in [5, 5.41) is 6.22. The number of piperidine rings is 1. The summed E-state index contributed by atoms with van der Waals surface area (Å²) >= 11 is 35.9. The molecular formula is C22H25Cl5N4O2S. The van der Waals surface area contributed by atoms with Crippen molar-refractivity contribution in [2.45, 2.75) is 42.7 Å². The minimum Gasteiger partial charge on any atom is -0.348 e. The van der Waals surface area contributed by atoms with Crippen LogP contribution in [0.25, 0.3) is 0 Å². The summed E-state index contributed by atoms with van der Waals surface area (Å²) in [6, 6.07) is 5.37. The fourth-order valence-electron chi connectivity index (χ4n) is 5.33. The number of hydrogen-bond donors (Lipinski definition) is 2. The van der Waals surface area contributed by atoms with Crippen LogP contribution < -0.4 is 16.2 Å². The Bertz CT molecular complexity index is 1080. The number of nitrogens with zero attached hydrogens (tertiary/aromatic N) is 2. The first-order chi connectivity index (χ1) is 15.8. The van der Waals surface area contributed by atoms with Gasteiger partial charge >= 0.3 is 0 Å². The minimum absolute atomic E-state index is 0.0203. The van der Waals surface area contributed by atoms with Crippen LogP contribution in [-0.2, 0) is 11.3 Å². The second kappa shape index (κ2) is 9.64. The van der Waals surface area contributed by atoms with Gasteiger partial charge in [0.2, 0.25) is 9.70 Å². The molecule has 2 aliphatic heterocycles. The summed E-state index contributed by atoms with van der Waals surface area (Å²) in [7, 11) is 0. The topological polar surface area (TPSA) is 66.4 Å². The summed E-state index contributed by atoms with van der Waals surface area (Å²) in [5.74, 6) is -0.329. The summed E-state index contributed by atoms with van der Waals surface area (Å²) in [6.07, 6.45) is 1.61. The predicted octanol–water partition coefficient (Wildman–Crippen LogP) is 4.55. The van der Waals surface area contributed by atoms with Gasteiger partial charge in [0.25, 0.3) is 5.56 Å². The normalized spacial score (nSPS) is 27.8. The van der Waals surface area contributed by atoms with Gasteiger partial charge in [0.15, 0.2) is 5.11 Å². The molecular weight excluding hydrogens is 562 g/mol. The van der Waals surface area contributed by atoms with E-state index in [1.165, 1.54) is 0 Å². The number of halogens is 5. The quantitative estimate of drug-likeness (QED) is 0.308. The molecule has 1 aliphatic carbocycles. The molecule has 3 heterocycles. The number of alkyl halides is 3. The minimum atomic E-state index is -1.85. The zero-order chi connectivity index (χ0) is 25.0. The number of allylic oxidation sites excluding steroid dienone is 1. The van der Waals surface area contributed by atoms with Gasteiger partial charge in [0.1, 0.15) is 10.7 Å². The number of hydrogen-bond acceptors (Lipinski definition) is 3. The van der Waals surface area contributed by atoms with Crippen LogP contribution >= 0.6 is 70.2 Å². The van der Waals surface area contributed by atoms with E-state index < -0.39 is 9.96 Å². The molecule has 6 nitrogen and oxygen atoms in total. The van der Waals surface area contributed by atoms with Gasteiger partial charge in [-0.3, -0.25) is 9.59 Å². The molecule has 4 rings (SSSR count). The van der Waals surface area contributed by atoms with E-state index in [9.17, 15) is 9.59 Å². The summed E-state index contributed by atoms with van der Waals surface area (Å²) in [5.41, 5.74) is 0.704. The molecule has 1 aromatic rings. The van der Waals surface area contributed by atoms with Crippen molar-refractivity contribution < 1.29 is 4.79 Å². The Morgan fingerprint density at radius 3 is 2.56 bits per heavy atom. The number of amides is 1. The third-order valence-corrected chi connectivity index (χ3v) is 8.43. The number of pyridine rings is 1. The van der Waals surface area contributed by atoms with Crippen molar-refractivity contribution in [1.29, 1.82) is 0 Å². The Morgan fingerprint density at radius 1 is 1.21 bits per heavy atom. The highest BCUT2D eigenvalue weighted by atomic mass is 35.6. The molecule has 1 saturated heterocycles. The molecule has 186 valence electrons. The Hall–Kier alpha value is -0.700. The molecule has 0 aromatic carbocycles. The first-order valence-corrected chi connectivity index (χ1v) is 13.2. The van der Waals surface area contributed by atoms with Gasteiger partial charge in [-0.1, -0.05) is 77.9 Å². The molecule has 2 N–H and O–H groups in total. The van der Waals surface area contributed by atoms with E-state index in [0.717, 1.165) is 12.1 Å². The lowest BCUT2D eigenvalue weighted by Crippen LogP contribution is -2.60. The predicted molar refractivity (Wildman–Crippen MR) is 142 cm³/mol. The van der Waals surface area contributed by atoms with Crippen molar-refractivity contribution in [1.82, 2.24) is 20.1 Å². The summed E-state index contributed by atoms with van der Waals surface area (Å²) in [4.78, 5) is 27.3. The zero-order valence-corrected chi connectivity index (χ0v) is 23.1. The van der Waals surface area contributed by atoms with Gasteiger partial charge in [0, 0.05) is 37.3 Å². The average molecular weight is 587 g/mol. The maximum Gasteiger partial charge on any atom is 0.250 e. The highest BCUT2D eigenvalue weighted by Crippen LogP contribution is 2.59. The van der Waals surface area contributed by atoms with Crippen LogP contribution in [0.2, 0.25) is 0 Å². The van der Waals surface area contributed by atoms with Crippen molar-refractivity contribution in [3.8, 4) is 0 Å². The third kappa shape index (κ3) is 5.35. The smallest absolute Gasteiger partial charge is 0.250 e. The van der Waals surface area contributed by atoms with Gasteiger partial charge in [-0.25, -0.2) is 0 Å². The number of likely N-dealkylation sites (tertiary alicyclic amines) is 1. The van der Waals surface area contributed by atoms with Crippen molar-refractivity contribution in [2.75, 3.05) is 13.1 Å². The summed E-state index contributed by atoms with van der Waals surface area (Å²) < 4.78 is 0.122. The molecule has 1 saturated carbocycles. The van der Waals surface area contributed by atoms with Crippen LogP contribution in [0.4, 0.5) is 0 Å². The molecule has 2 bridgehead atoms. The lowest BCUT2D eigenvalue weighted by Gasteiger charge is -2.44. The van der Waals surface area contributed by atoms with Crippen LogP contribution in [0.3, 0.4) is 0 Å². The average Bonchev–Trinajstić information content (AvgIpc) is 3.26. The second-order valence-corrected chi connectivity index (χ2v) is 13.6. The van der Waals surface area contributed by atoms with Gasteiger partial charge < -0.3 is 20.1 Å². The molecule has 0 radical (unpaired) electrons. The van der Waals surface area contributed by atoms with E-state index in [4.69, 9.17) is 70.2 Å². The van der Waals surface area contributed by atoms with Crippen LogP contribution in [-0.4, -0.2) is 43.5 Å². The van der Waals surface area contributed by atoms with Gasteiger partial charge in [-0.05, 0) is 48.0 Å². The van der Waals surface area contributed by atoms with Crippen molar-refractivity contribution >= 4 is 81.2 Å². The van der Waals surface area contributed by atoms with Gasteiger partial charge in [0.05, 0.1) is 5.92 Å². The fourth-order valence-corrected chi connectivity index (χ4v) is 6.20. The Kier molecular flexibility index (Phi) is 7.47. The maximum atomic E-state index is 13.0.